The number of para-hydroxylation sites is 4. The van der Waals surface area contributed by atoms with Crippen LogP contribution in [0.4, 0.5) is 0 Å². The van der Waals surface area contributed by atoms with Crippen molar-refractivity contribution in [3.63, 3.8) is 0 Å². The first-order chi connectivity index (χ1) is 23.4. The molecule has 0 radical (unpaired) electrons. The monoisotopic (exact) mass is 856 g/mol. The smallest absolute Gasteiger partial charge is 0.872 e. The van der Waals surface area contributed by atoms with Crippen molar-refractivity contribution in [2.45, 2.75) is 12.8 Å². The fraction of sp³-hybridized carbons (Fsp3) is 0.167. The molecule has 0 unspecified atom stereocenters. The predicted molar refractivity (Wildman–Crippen MR) is 195 cm³/mol. The van der Waals surface area contributed by atoms with E-state index in [1.54, 1.807) is 73.4 Å². The van der Waals surface area contributed by atoms with Crippen LogP contribution in [-0.4, -0.2) is 61.4 Å². The maximum atomic E-state index is 11.4. The number of benzene rings is 4. The van der Waals surface area contributed by atoms with E-state index < -0.39 is 0 Å². The number of isothiocyanates is 2. The molecule has 0 bridgehead atoms. The number of aliphatic imine (C=N–C) groups is 4. The third kappa shape index (κ3) is 24.7. The maximum Gasteiger partial charge on any atom is 2.00 e. The SMILES string of the molecule is [N-]=C=S.[N-]=C=S.[Ni+2].[Ni+2].[O-]c1ccccc1C=NCCCN=Cc1ccccc1[O-].[O-]c1ccccc1C=NCCCN=Cc1ccccc1[O-].[Zn+2]. The average molecular weight is 860 g/mol. The molecule has 264 valence electrons. The third-order valence-electron chi connectivity index (χ3n) is 5.75. The topological polar surface area (TPSA) is 186 Å². The quantitative estimate of drug-likeness (QED) is 0.0850. The molecule has 0 atom stereocenters. The van der Waals surface area contributed by atoms with Gasteiger partial charge in [0.15, 0.2) is 0 Å². The summed E-state index contributed by atoms with van der Waals surface area (Å²) in [7, 11) is 0. The Kier molecular flexibility index (Phi) is 34.7. The van der Waals surface area contributed by atoms with Crippen molar-refractivity contribution < 1.29 is 72.9 Å². The van der Waals surface area contributed by atoms with E-state index in [4.69, 9.17) is 10.8 Å². The molecule has 0 aliphatic carbocycles. The number of rotatable bonds is 12. The molecular weight excluding hydrogens is 827 g/mol. The van der Waals surface area contributed by atoms with Crippen LogP contribution in [0.15, 0.2) is 117 Å². The van der Waals surface area contributed by atoms with Crippen LogP contribution in [0.25, 0.3) is 10.8 Å². The molecule has 0 saturated carbocycles. The van der Waals surface area contributed by atoms with Crippen molar-refractivity contribution in [2.24, 2.45) is 20.0 Å². The summed E-state index contributed by atoms with van der Waals surface area (Å²) in [6.45, 7) is 2.41. The molecule has 51 heavy (non-hydrogen) atoms. The standard InChI is InChI=1S/2C17H18N2O2.2CNS.2Ni.Zn/c2*20-16-8-3-1-6-14(16)12-18-10-5-11-19-13-15-7-2-4-9-17(15)21;2*2-1-3;;;/h2*1-4,6-9,12-13,20-21H,5,10-11H2;;;;;/q;;2*-1;3*+2/p-4. The summed E-state index contributed by atoms with van der Waals surface area (Å²) in [5.74, 6) is -0.0877. The molecule has 0 fully saturated rings. The van der Waals surface area contributed by atoms with Gasteiger partial charge < -0.3 is 31.2 Å². The van der Waals surface area contributed by atoms with E-state index in [0.717, 1.165) is 12.8 Å². The van der Waals surface area contributed by atoms with Crippen molar-refractivity contribution in [1.82, 2.24) is 0 Å². The Hall–Kier alpha value is -4.03. The van der Waals surface area contributed by atoms with E-state index in [1.807, 2.05) is 24.3 Å². The van der Waals surface area contributed by atoms with Crippen LogP contribution in [0, 0.1) is 0 Å². The van der Waals surface area contributed by atoms with E-state index in [0.29, 0.717) is 48.4 Å². The van der Waals surface area contributed by atoms with Gasteiger partial charge in [-0.2, -0.15) is 10.3 Å². The van der Waals surface area contributed by atoms with E-state index in [1.165, 1.54) is 34.6 Å². The molecule has 0 saturated heterocycles. The molecule has 0 N–H and O–H groups in total. The predicted octanol–water partition coefficient (Wildman–Crippen LogP) is 4.83. The van der Waals surface area contributed by atoms with E-state index >= 15 is 0 Å². The first-order valence-corrected chi connectivity index (χ1v) is 15.3. The molecule has 0 aromatic heterocycles. The fourth-order valence-electron chi connectivity index (χ4n) is 3.51. The van der Waals surface area contributed by atoms with Crippen molar-refractivity contribution in [2.75, 3.05) is 26.2 Å². The number of thiocarbonyl (C=S) groups is 2. The van der Waals surface area contributed by atoms with Crippen LogP contribution >= 0.6 is 24.4 Å². The summed E-state index contributed by atoms with van der Waals surface area (Å²) in [5.41, 5.74) is 2.39. The van der Waals surface area contributed by atoms with Gasteiger partial charge in [-0.1, -0.05) is 121 Å². The number of nitrogens with zero attached hydrogens (tertiary/aromatic N) is 6. The Bertz CT molecular complexity index is 1480. The first-order valence-electron chi connectivity index (χ1n) is 14.4. The van der Waals surface area contributed by atoms with Crippen LogP contribution in [0.3, 0.4) is 0 Å². The zero-order valence-corrected chi connectivity index (χ0v) is 33.8. The van der Waals surface area contributed by atoms with Crippen LogP contribution in [-0.2, 0) is 52.5 Å². The fourth-order valence-corrected chi connectivity index (χ4v) is 3.51. The summed E-state index contributed by atoms with van der Waals surface area (Å²) in [6.07, 6.45) is 7.93. The molecule has 0 amide bonds. The minimum Gasteiger partial charge on any atom is -0.872 e. The Labute approximate surface area is 342 Å². The van der Waals surface area contributed by atoms with Gasteiger partial charge in [0, 0.05) is 51.0 Å². The summed E-state index contributed by atoms with van der Waals surface area (Å²) in [5, 5.41) is 62.7. The molecule has 0 aliphatic rings. The van der Waals surface area contributed by atoms with Crippen LogP contribution in [0.2, 0.25) is 0 Å². The van der Waals surface area contributed by atoms with Gasteiger partial charge in [0.25, 0.3) is 0 Å². The Morgan fingerprint density at radius 3 is 0.804 bits per heavy atom. The second kappa shape index (κ2) is 34.4. The van der Waals surface area contributed by atoms with Gasteiger partial charge in [0.1, 0.15) is 0 Å². The normalized spacial score (nSPS) is 9.73. The minimum atomic E-state index is -0.0219. The average Bonchev–Trinajstić information content (AvgIpc) is 3.08. The van der Waals surface area contributed by atoms with Crippen LogP contribution in [0.1, 0.15) is 35.1 Å². The molecule has 4 aromatic rings. The molecule has 15 heteroatoms. The molecular formula is C36H32N6Ni2O4S2Zn. The number of hydrogen-bond acceptors (Lipinski definition) is 10. The molecule has 4 aromatic carbocycles. The molecule has 0 heterocycles. The van der Waals surface area contributed by atoms with Crippen LogP contribution < -0.4 is 20.4 Å². The Morgan fingerprint density at radius 2 is 0.627 bits per heavy atom. The van der Waals surface area contributed by atoms with Gasteiger partial charge in [-0.05, 0) is 35.1 Å². The molecule has 0 spiro atoms. The maximum absolute atomic E-state index is 11.4. The Morgan fingerprint density at radius 1 is 0.451 bits per heavy atom. The summed E-state index contributed by atoms with van der Waals surface area (Å²) in [6, 6.07) is 27.2. The summed E-state index contributed by atoms with van der Waals surface area (Å²) in [4.78, 5) is 16.8. The second-order valence-electron chi connectivity index (χ2n) is 9.18. The first kappa shape index (κ1) is 51.3. The van der Waals surface area contributed by atoms with Crippen molar-refractivity contribution in [1.29, 1.82) is 0 Å². The second-order valence-corrected chi connectivity index (χ2v) is 9.55. The van der Waals surface area contributed by atoms with E-state index in [2.05, 4.69) is 44.4 Å². The molecule has 10 nitrogen and oxygen atoms in total. The molecule has 0 aliphatic heterocycles. The Balaban J connectivity index is -0.000000744. The summed E-state index contributed by atoms with van der Waals surface area (Å²) < 4.78 is 0. The molecule has 4 rings (SSSR count). The number of hydrogen-bond donors (Lipinski definition) is 0. The van der Waals surface area contributed by atoms with Crippen molar-refractivity contribution >= 4 is 59.6 Å². The zero-order valence-electron chi connectivity index (χ0n) is 27.3. The largest absolute Gasteiger partial charge is 2.00 e. The van der Waals surface area contributed by atoms with E-state index in [9.17, 15) is 20.4 Å². The van der Waals surface area contributed by atoms with Gasteiger partial charge in [-0.25, -0.2) is 0 Å². The third-order valence-corrected chi connectivity index (χ3v) is 5.75. The van der Waals surface area contributed by atoms with Crippen molar-refractivity contribution in [3.8, 4) is 23.0 Å². The summed E-state index contributed by atoms with van der Waals surface area (Å²) >= 11 is 7.40. The minimum absolute atomic E-state index is 0. The van der Waals surface area contributed by atoms with Crippen LogP contribution in [0.5, 0.6) is 23.0 Å². The van der Waals surface area contributed by atoms with E-state index in [-0.39, 0.29) is 75.5 Å². The van der Waals surface area contributed by atoms with Gasteiger partial charge in [0.2, 0.25) is 0 Å². The van der Waals surface area contributed by atoms with Gasteiger partial charge in [0.05, 0.1) is 0 Å². The van der Waals surface area contributed by atoms with Gasteiger partial charge in [-0.15, -0.1) is 23.0 Å². The van der Waals surface area contributed by atoms with Gasteiger partial charge in [-0.3, -0.25) is 20.0 Å². The van der Waals surface area contributed by atoms with Gasteiger partial charge >= 0.3 is 52.5 Å². The zero-order chi connectivity index (χ0) is 35.2. The van der Waals surface area contributed by atoms with Crippen molar-refractivity contribution in [3.05, 3.63) is 130 Å².